The monoisotopic (exact) mass is 254 g/mol. The molecule has 0 amide bonds. The van der Waals surface area contributed by atoms with Crippen molar-refractivity contribution in [3.63, 3.8) is 0 Å². The Morgan fingerprint density at radius 1 is 0.875 bits per heavy atom. The zero-order valence-electron chi connectivity index (χ0n) is 10.1. The van der Waals surface area contributed by atoms with Crippen molar-refractivity contribution in [2.75, 3.05) is 0 Å². The van der Waals surface area contributed by atoms with Crippen LogP contribution in [-0.2, 0) is 0 Å². The summed E-state index contributed by atoms with van der Waals surface area (Å²) in [5, 5.41) is 5.98. The van der Waals surface area contributed by atoms with E-state index in [2.05, 4.69) is 11.3 Å². The zero-order chi connectivity index (χ0) is 11.1. The summed E-state index contributed by atoms with van der Waals surface area (Å²) in [6, 6.07) is 0. The summed E-state index contributed by atoms with van der Waals surface area (Å²) in [6.45, 7) is 0. The van der Waals surface area contributed by atoms with Gasteiger partial charge in [-0.2, -0.15) is 0 Å². The highest BCUT2D eigenvalue weighted by molar-refractivity contribution is 7.85. The van der Waals surface area contributed by atoms with Gasteiger partial charge in [-0.05, 0) is 26.6 Å². The van der Waals surface area contributed by atoms with Gasteiger partial charge in [0.15, 0.2) is 0 Å². The average molecular weight is 254 g/mol. The predicted octanol–water partition coefficient (Wildman–Crippen LogP) is 5.70. The molecule has 1 radical (unpaired) electrons. The standard InChI is InChI=1S/C13H22NP2/c1-2-4-6-8-10-12(9-7-5-3-1)13-11-14-16-15-13/h11-12H,1-10H2. The van der Waals surface area contributed by atoms with Gasteiger partial charge in [-0.1, -0.05) is 51.4 Å². The maximum Gasteiger partial charge on any atom is 0.0696 e. The van der Waals surface area contributed by atoms with Crippen LogP contribution in [0.25, 0.3) is 0 Å². The summed E-state index contributed by atoms with van der Waals surface area (Å²) in [5.41, 5.74) is 0. The van der Waals surface area contributed by atoms with Crippen LogP contribution in [0.5, 0.6) is 0 Å². The minimum Gasteiger partial charge on any atom is -0.230 e. The molecule has 0 aromatic carbocycles. The molecular formula is C13H22NP2. The van der Waals surface area contributed by atoms with Gasteiger partial charge in [-0.3, -0.25) is 0 Å². The lowest BCUT2D eigenvalue weighted by Crippen LogP contribution is -2.01. The van der Waals surface area contributed by atoms with Gasteiger partial charge in [0.05, 0.1) is 8.02 Å². The third-order valence-corrected chi connectivity index (χ3v) is 5.97. The first-order chi connectivity index (χ1) is 7.97. The molecule has 1 saturated carbocycles. The Kier molecular flexibility index (Phi) is 5.87. The summed E-state index contributed by atoms with van der Waals surface area (Å²) in [6.07, 6.45) is 16.7. The molecule has 16 heavy (non-hydrogen) atoms. The fraction of sp³-hybridized carbons (Fsp3) is 0.846. The summed E-state index contributed by atoms with van der Waals surface area (Å²) < 4.78 is 0. The highest BCUT2D eigenvalue weighted by atomic mass is 31.7. The first kappa shape index (κ1) is 12.6. The fourth-order valence-corrected chi connectivity index (χ4v) is 4.87. The highest BCUT2D eigenvalue weighted by Crippen LogP contribution is 2.40. The average Bonchev–Trinajstić information content (AvgIpc) is 2.79. The van der Waals surface area contributed by atoms with Crippen LogP contribution in [0.15, 0.2) is 11.5 Å². The SMILES string of the molecule is C1=C(C2CCCCCCCCCC2)P=P[N]1. The molecule has 0 aromatic heterocycles. The lowest BCUT2D eigenvalue weighted by molar-refractivity contribution is 0.481. The topological polar surface area (TPSA) is 14.1 Å². The summed E-state index contributed by atoms with van der Waals surface area (Å²) in [7, 11) is 2.73. The van der Waals surface area contributed by atoms with Gasteiger partial charge in [-0.15, -0.1) is 0 Å². The molecular weight excluding hydrogens is 232 g/mol. The minimum atomic E-state index is 0.860. The Bertz CT molecular complexity index is 249. The lowest BCUT2D eigenvalue weighted by atomic mass is 9.95. The molecule has 1 aliphatic carbocycles. The van der Waals surface area contributed by atoms with Crippen molar-refractivity contribution in [2.45, 2.75) is 64.2 Å². The molecule has 0 N–H and O–H groups in total. The second-order valence-electron chi connectivity index (χ2n) is 4.96. The van der Waals surface area contributed by atoms with E-state index in [1.54, 1.807) is 5.31 Å². The largest absolute Gasteiger partial charge is 0.230 e. The molecule has 0 unspecified atom stereocenters. The molecule has 1 nitrogen and oxygen atoms in total. The predicted molar refractivity (Wildman–Crippen MR) is 73.7 cm³/mol. The van der Waals surface area contributed by atoms with E-state index in [-0.39, 0.29) is 0 Å². The van der Waals surface area contributed by atoms with Crippen LogP contribution < -0.4 is 5.09 Å². The van der Waals surface area contributed by atoms with Gasteiger partial charge in [0.2, 0.25) is 0 Å². The molecule has 0 saturated heterocycles. The van der Waals surface area contributed by atoms with E-state index < -0.39 is 0 Å². The molecule has 1 fully saturated rings. The normalized spacial score (nSPS) is 26.6. The van der Waals surface area contributed by atoms with Crippen molar-refractivity contribution < 1.29 is 0 Å². The molecule has 1 aliphatic heterocycles. The van der Waals surface area contributed by atoms with Crippen molar-refractivity contribution in [3.05, 3.63) is 11.5 Å². The van der Waals surface area contributed by atoms with Gasteiger partial charge in [0, 0.05) is 11.5 Å². The van der Waals surface area contributed by atoms with E-state index >= 15 is 0 Å². The molecule has 3 heteroatoms. The molecule has 2 rings (SSSR count). The van der Waals surface area contributed by atoms with Gasteiger partial charge < -0.3 is 0 Å². The Hall–Kier alpha value is 0.140. The van der Waals surface area contributed by atoms with Crippen molar-refractivity contribution in [2.24, 2.45) is 5.92 Å². The Balaban J connectivity index is 1.85. The van der Waals surface area contributed by atoms with Crippen LogP contribution >= 0.6 is 15.9 Å². The van der Waals surface area contributed by atoms with E-state index in [0.717, 1.165) is 5.92 Å². The summed E-state index contributed by atoms with van der Waals surface area (Å²) >= 11 is 0. The van der Waals surface area contributed by atoms with Crippen molar-refractivity contribution in [1.29, 1.82) is 0 Å². The second-order valence-corrected chi connectivity index (χ2v) is 7.22. The van der Waals surface area contributed by atoms with Crippen LogP contribution in [0, 0.1) is 5.92 Å². The van der Waals surface area contributed by atoms with Gasteiger partial charge in [0.25, 0.3) is 0 Å². The number of nitrogens with zero attached hydrogens (tertiary/aromatic N) is 1. The molecule has 2 aliphatic rings. The fourth-order valence-electron chi connectivity index (χ4n) is 2.66. The Morgan fingerprint density at radius 2 is 1.44 bits per heavy atom. The number of allylic oxidation sites excluding steroid dienone is 1. The van der Waals surface area contributed by atoms with Gasteiger partial charge in [0.1, 0.15) is 0 Å². The van der Waals surface area contributed by atoms with Gasteiger partial charge in [-0.25, -0.2) is 5.09 Å². The van der Waals surface area contributed by atoms with Crippen LogP contribution in [0.3, 0.4) is 0 Å². The second kappa shape index (κ2) is 7.46. The van der Waals surface area contributed by atoms with Crippen molar-refractivity contribution in [1.82, 2.24) is 5.09 Å². The maximum atomic E-state index is 4.35. The Morgan fingerprint density at radius 3 is 1.94 bits per heavy atom. The molecule has 0 spiro atoms. The molecule has 0 atom stereocenters. The van der Waals surface area contributed by atoms with Crippen molar-refractivity contribution >= 4 is 15.9 Å². The molecule has 1 heterocycles. The third-order valence-electron chi connectivity index (χ3n) is 3.68. The van der Waals surface area contributed by atoms with Gasteiger partial charge >= 0.3 is 0 Å². The first-order valence-electron chi connectivity index (χ1n) is 6.78. The van der Waals surface area contributed by atoms with Crippen LogP contribution in [-0.4, -0.2) is 0 Å². The van der Waals surface area contributed by atoms with E-state index in [1.807, 2.05) is 0 Å². The number of hydrogen-bond acceptors (Lipinski definition) is 0. The van der Waals surface area contributed by atoms with E-state index in [1.165, 1.54) is 80.1 Å². The maximum absolute atomic E-state index is 4.35. The molecule has 0 aromatic rings. The summed E-state index contributed by atoms with van der Waals surface area (Å²) in [4.78, 5) is 0. The van der Waals surface area contributed by atoms with Crippen LogP contribution in [0.4, 0.5) is 0 Å². The smallest absolute Gasteiger partial charge is 0.0696 e. The number of rotatable bonds is 1. The molecule has 89 valence electrons. The van der Waals surface area contributed by atoms with Crippen LogP contribution in [0.2, 0.25) is 0 Å². The van der Waals surface area contributed by atoms with Crippen LogP contribution in [0.1, 0.15) is 64.2 Å². The summed E-state index contributed by atoms with van der Waals surface area (Å²) in [5.74, 6) is 0.860. The van der Waals surface area contributed by atoms with E-state index in [0.29, 0.717) is 0 Å². The first-order valence-corrected chi connectivity index (χ1v) is 9.22. The van der Waals surface area contributed by atoms with E-state index in [4.69, 9.17) is 0 Å². The molecule has 0 bridgehead atoms. The Labute approximate surface area is 103 Å². The minimum absolute atomic E-state index is 0.860. The lowest BCUT2D eigenvalue weighted by Gasteiger charge is -2.15. The third kappa shape index (κ3) is 4.19. The van der Waals surface area contributed by atoms with E-state index in [9.17, 15) is 0 Å². The number of hydrogen-bond donors (Lipinski definition) is 0. The highest BCUT2D eigenvalue weighted by Gasteiger charge is 2.15. The quantitative estimate of drug-likeness (QED) is 0.533. The zero-order valence-corrected chi connectivity index (χ0v) is 11.9. The van der Waals surface area contributed by atoms with Crippen molar-refractivity contribution in [3.8, 4) is 0 Å².